The molecule has 1 amide bonds. The zero-order valence-corrected chi connectivity index (χ0v) is 14.3. The lowest BCUT2D eigenvalue weighted by molar-refractivity contribution is 0.00905. The molecule has 3 atom stereocenters. The van der Waals surface area contributed by atoms with Gasteiger partial charge in [0.1, 0.15) is 5.60 Å². The standard InChI is InChI=1S/C17H32N2O3/c1-17(2,3)22-16(21)19-10-5-4-8-14(19)12-18-13-7-6-9-15(20)11-13/h13-15,18,20H,4-12H2,1-3H3. The van der Waals surface area contributed by atoms with Crippen LogP contribution in [0.1, 0.15) is 65.7 Å². The van der Waals surface area contributed by atoms with Gasteiger partial charge in [-0.1, -0.05) is 0 Å². The van der Waals surface area contributed by atoms with Crippen LogP contribution in [0, 0.1) is 0 Å². The zero-order valence-electron chi connectivity index (χ0n) is 14.3. The monoisotopic (exact) mass is 312 g/mol. The number of carbonyl (C=O) groups excluding carboxylic acids is 1. The van der Waals surface area contributed by atoms with Crippen LogP contribution < -0.4 is 5.32 Å². The third kappa shape index (κ3) is 5.43. The molecule has 128 valence electrons. The Hall–Kier alpha value is -0.810. The fraction of sp³-hybridized carbons (Fsp3) is 0.941. The van der Waals surface area contributed by atoms with E-state index in [1.54, 1.807) is 0 Å². The lowest BCUT2D eigenvalue weighted by Crippen LogP contribution is -2.52. The molecule has 5 nitrogen and oxygen atoms in total. The molecule has 2 fully saturated rings. The van der Waals surface area contributed by atoms with Gasteiger partial charge in [-0.15, -0.1) is 0 Å². The van der Waals surface area contributed by atoms with Crippen LogP contribution in [-0.4, -0.2) is 53.0 Å². The van der Waals surface area contributed by atoms with Gasteiger partial charge in [0.15, 0.2) is 0 Å². The van der Waals surface area contributed by atoms with Crippen molar-refractivity contribution in [1.29, 1.82) is 0 Å². The second-order valence-electron chi connectivity index (χ2n) is 7.75. The van der Waals surface area contributed by atoms with Crippen LogP contribution in [0.3, 0.4) is 0 Å². The van der Waals surface area contributed by atoms with Gasteiger partial charge in [-0.05, 0) is 65.7 Å². The fourth-order valence-electron chi connectivity index (χ4n) is 3.43. The van der Waals surface area contributed by atoms with E-state index in [2.05, 4.69) is 5.32 Å². The molecule has 1 saturated heterocycles. The molecule has 2 rings (SSSR count). The summed E-state index contributed by atoms with van der Waals surface area (Å²) in [5, 5.41) is 13.3. The lowest BCUT2D eigenvalue weighted by atomic mass is 9.92. The van der Waals surface area contributed by atoms with E-state index in [-0.39, 0.29) is 18.2 Å². The Morgan fingerprint density at radius 1 is 1.23 bits per heavy atom. The third-order valence-corrected chi connectivity index (χ3v) is 4.54. The number of ether oxygens (including phenoxy) is 1. The molecule has 0 spiro atoms. The van der Waals surface area contributed by atoms with Crippen LogP contribution in [0.5, 0.6) is 0 Å². The lowest BCUT2D eigenvalue weighted by Gasteiger charge is -2.38. The van der Waals surface area contributed by atoms with Gasteiger partial charge >= 0.3 is 6.09 Å². The Morgan fingerprint density at radius 3 is 2.68 bits per heavy atom. The van der Waals surface area contributed by atoms with E-state index in [4.69, 9.17) is 4.74 Å². The average molecular weight is 312 g/mol. The largest absolute Gasteiger partial charge is 0.444 e. The van der Waals surface area contributed by atoms with Crippen molar-refractivity contribution < 1.29 is 14.6 Å². The van der Waals surface area contributed by atoms with Crippen molar-refractivity contribution in [3.63, 3.8) is 0 Å². The highest BCUT2D eigenvalue weighted by Gasteiger charge is 2.31. The molecule has 22 heavy (non-hydrogen) atoms. The van der Waals surface area contributed by atoms with Gasteiger partial charge in [-0.25, -0.2) is 4.79 Å². The van der Waals surface area contributed by atoms with Crippen LogP contribution in [-0.2, 0) is 4.74 Å². The number of aliphatic hydroxyl groups is 1. The SMILES string of the molecule is CC(C)(C)OC(=O)N1CCCCC1CNC1CCCC(O)C1. The van der Waals surface area contributed by atoms with Crippen molar-refractivity contribution in [2.24, 2.45) is 0 Å². The topological polar surface area (TPSA) is 61.8 Å². The first-order valence-electron chi connectivity index (χ1n) is 8.76. The third-order valence-electron chi connectivity index (χ3n) is 4.54. The normalized spacial score (nSPS) is 30.2. The maximum atomic E-state index is 12.4. The van der Waals surface area contributed by atoms with Crippen LogP contribution >= 0.6 is 0 Å². The molecule has 0 bridgehead atoms. The predicted octanol–water partition coefficient (Wildman–Crippen LogP) is 2.67. The molecule has 1 aliphatic carbocycles. The van der Waals surface area contributed by atoms with E-state index in [0.29, 0.717) is 6.04 Å². The first kappa shape index (κ1) is 17.5. The quantitative estimate of drug-likeness (QED) is 0.841. The smallest absolute Gasteiger partial charge is 0.410 e. The summed E-state index contributed by atoms with van der Waals surface area (Å²) in [6, 6.07) is 0.592. The Morgan fingerprint density at radius 2 is 2.00 bits per heavy atom. The predicted molar refractivity (Wildman–Crippen MR) is 86.8 cm³/mol. The number of likely N-dealkylation sites (tertiary alicyclic amines) is 1. The van der Waals surface area contributed by atoms with Crippen LogP contribution in [0.2, 0.25) is 0 Å². The number of hydrogen-bond donors (Lipinski definition) is 2. The highest BCUT2D eigenvalue weighted by Crippen LogP contribution is 2.22. The summed E-state index contributed by atoms with van der Waals surface area (Å²) in [5.74, 6) is 0. The number of hydrogen-bond acceptors (Lipinski definition) is 4. The number of rotatable bonds is 3. The highest BCUT2D eigenvalue weighted by molar-refractivity contribution is 5.68. The minimum Gasteiger partial charge on any atom is -0.444 e. The fourth-order valence-corrected chi connectivity index (χ4v) is 3.43. The maximum Gasteiger partial charge on any atom is 0.410 e. The van der Waals surface area contributed by atoms with E-state index in [1.165, 1.54) is 6.42 Å². The molecule has 1 saturated carbocycles. The molecule has 0 radical (unpaired) electrons. The first-order valence-corrected chi connectivity index (χ1v) is 8.76. The van der Waals surface area contributed by atoms with E-state index < -0.39 is 5.60 Å². The average Bonchev–Trinajstić information content (AvgIpc) is 2.44. The summed E-state index contributed by atoms with van der Waals surface area (Å²) in [5.41, 5.74) is -0.444. The van der Waals surface area contributed by atoms with Gasteiger partial charge in [-0.3, -0.25) is 0 Å². The molecular formula is C17H32N2O3. The van der Waals surface area contributed by atoms with Crippen LogP contribution in [0.15, 0.2) is 0 Å². The summed E-state index contributed by atoms with van der Waals surface area (Å²) >= 11 is 0. The summed E-state index contributed by atoms with van der Waals surface area (Å²) in [4.78, 5) is 14.3. The van der Waals surface area contributed by atoms with Crippen LogP contribution in [0.4, 0.5) is 4.79 Å². The summed E-state index contributed by atoms with van der Waals surface area (Å²) in [7, 11) is 0. The van der Waals surface area contributed by atoms with Gasteiger partial charge in [-0.2, -0.15) is 0 Å². The number of aliphatic hydroxyl groups excluding tert-OH is 1. The second-order valence-corrected chi connectivity index (χ2v) is 7.75. The molecule has 0 aromatic heterocycles. The number of amides is 1. The molecule has 0 aromatic carbocycles. The molecule has 0 aromatic rings. The van der Waals surface area contributed by atoms with Crippen molar-refractivity contribution in [3.8, 4) is 0 Å². The second kappa shape index (κ2) is 7.64. The summed E-state index contributed by atoms with van der Waals surface area (Å²) in [6.07, 6.45) is 6.85. The maximum absolute atomic E-state index is 12.4. The number of piperidine rings is 1. The Bertz CT molecular complexity index is 367. The summed E-state index contributed by atoms with van der Waals surface area (Å²) in [6.45, 7) is 7.31. The van der Waals surface area contributed by atoms with Gasteiger partial charge in [0.25, 0.3) is 0 Å². The highest BCUT2D eigenvalue weighted by atomic mass is 16.6. The Balaban J connectivity index is 1.85. The molecule has 1 aliphatic heterocycles. The van der Waals surface area contributed by atoms with Gasteiger partial charge in [0, 0.05) is 25.2 Å². The minimum atomic E-state index is -0.444. The zero-order chi connectivity index (χ0) is 16.2. The van der Waals surface area contributed by atoms with Crippen molar-refractivity contribution in [2.75, 3.05) is 13.1 Å². The summed E-state index contributed by atoms with van der Waals surface area (Å²) < 4.78 is 5.54. The first-order chi connectivity index (χ1) is 10.3. The van der Waals surface area contributed by atoms with Crippen molar-refractivity contribution >= 4 is 6.09 Å². The molecule has 1 heterocycles. The van der Waals surface area contributed by atoms with Crippen LogP contribution in [0.25, 0.3) is 0 Å². The molecule has 2 N–H and O–H groups in total. The minimum absolute atomic E-state index is 0.167. The van der Waals surface area contributed by atoms with E-state index in [9.17, 15) is 9.90 Å². The van der Waals surface area contributed by atoms with Crippen molar-refractivity contribution in [3.05, 3.63) is 0 Å². The van der Waals surface area contributed by atoms with Crippen molar-refractivity contribution in [1.82, 2.24) is 10.2 Å². The number of nitrogens with zero attached hydrogens (tertiary/aromatic N) is 1. The number of carbonyl (C=O) groups is 1. The number of nitrogens with one attached hydrogen (secondary N) is 1. The molecule has 3 unspecified atom stereocenters. The molecule has 2 aliphatic rings. The van der Waals surface area contributed by atoms with E-state index in [0.717, 1.165) is 51.6 Å². The van der Waals surface area contributed by atoms with Crippen molar-refractivity contribution in [2.45, 2.75) is 89.5 Å². The Kier molecular flexibility index (Phi) is 6.09. The Labute approximate surface area is 134 Å². The van der Waals surface area contributed by atoms with E-state index in [1.807, 2.05) is 25.7 Å². The molecule has 5 heteroatoms. The molecular weight excluding hydrogens is 280 g/mol. The van der Waals surface area contributed by atoms with E-state index >= 15 is 0 Å². The van der Waals surface area contributed by atoms with Gasteiger partial charge < -0.3 is 20.1 Å². The van der Waals surface area contributed by atoms with Gasteiger partial charge in [0.2, 0.25) is 0 Å². The van der Waals surface area contributed by atoms with Gasteiger partial charge in [0.05, 0.1) is 6.10 Å².